The first-order valence-corrected chi connectivity index (χ1v) is 7.48. The summed E-state index contributed by atoms with van der Waals surface area (Å²) in [5, 5.41) is 4.17. The van der Waals surface area contributed by atoms with Gasteiger partial charge in [-0.2, -0.15) is 4.98 Å². The van der Waals surface area contributed by atoms with E-state index in [1.54, 1.807) is 31.2 Å². The van der Waals surface area contributed by atoms with Crippen molar-refractivity contribution in [2.45, 2.75) is 19.2 Å². The second-order valence-corrected chi connectivity index (χ2v) is 6.18. The van der Waals surface area contributed by atoms with Crippen LogP contribution in [0.5, 0.6) is 0 Å². The van der Waals surface area contributed by atoms with Crippen molar-refractivity contribution in [3.8, 4) is 0 Å². The van der Waals surface area contributed by atoms with Gasteiger partial charge in [-0.3, -0.25) is 0 Å². The number of aromatic nitrogens is 2. The summed E-state index contributed by atoms with van der Waals surface area (Å²) in [4.78, 5) is 3.91. The molecule has 1 N–H and O–H groups in total. The Morgan fingerprint density at radius 1 is 1.32 bits per heavy atom. The fourth-order valence-electron chi connectivity index (χ4n) is 1.44. The Labute approximate surface area is 115 Å². The molecule has 2 rings (SSSR count). The molecule has 0 atom stereocenters. The molecule has 6 nitrogen and oxygen atoms in total. The number of sulfonamides is 1. The number of nitrogens with one attached hydrogen (secondary N) is 1. The molecule has 0 aliphatic carbocycles. The lowest BCUT2D eigenvalue weighted by Gasteiger charge is -2.04. The van der Waals surface area contributed by atoms with Crippen LogP contribution in [0.1, 0.15) is 17.3 Å². The third-order valence-electron chi connectivity index (χ3n) is 2.29. The van der Waals surface area contributed by atoms with Crippen molar-refractivity contribution < 1.29 is 12.9 Å². The summed E-state index contributed by atoms with van der Waals surface area (Å²) in [5.41, 5.74) is 0.654. The number of aryl methyl sites for hydroxylation is 1. The van der Waals surface area contributed by atoms with E-state index < -0.39 is 10.0 Å². The summed E-state index contributed by atoms with van der Waals surface area (Å²) in [6.45, 7) is 1.64. The predicted molar refractivity (Wildman–Crippen MR) is 70.0 cm³/mol. The Kier molecular flexibility index (Phi) is 4.18. The number of rotatable bonds is 5. The molecule has 0 unspecified atom stereocenters. The standard InChI is InChI=1S/C11H12ClN3O3S/c1-8-14-11(15-18-8)6-13-19(16,17)7-9-2-4-10(12)5-3-9/h2-5,13H,6-7H2,1H3. The number of halogens is 1. The highest BCUT2D eigenvalue weighted by Gasteiger charge is 2.13. The van der Waals surface area contributed by atoms with Gasteiger partial charge in [0, 0.05) is 11.9 Å². The maximum absolute atomic E-state index is 11.8. The van der Waals surface area contributed by atoms with E-state index in [2.05, 4.69) is 14.9 Å². The van der Waals surface area contributed by atoms with E-state index >= 15 is 0 Å². The smallest absolute Gasteiger partial charge is 0.223 e. The van der Waals surface area contributed by atoms with Crippen molar-refractivity contribution in [2.24, 2.45) is 0 Å². The molecule has 8 heteroatoms. The second kappa shape index (κ2) is 5.68. The van der Waals surface area contributed by atoms with Crippen molar-refractivity contribution in [2.75, 3.05) is 0 Å². The molecule has 19 heavy (non-hydrogen) atoms. The maximum Gasteiger partial charge on any atom is 0.223 e. The lowest BCUT2D eigenvalue weighted by molar-refractivity contribution is 0.387. The molecule has 1 heterocycles. The summed E-state index contributed by atoms with van der Waals surface area (Å²) in [6, 6.07) is 6.63. The first-order chi connectivity index (χ1) is 8.94. The number of nitrogens with zero attached hydrogens (tertiary/aromatic N) is 2. The van der Waals surface area contributed by atoms with Gasteiger partial charge in [0.25, 0.3) is 0 Å². The van der Waals surface area contributed by atoms with Gasteiger partial charge in [-0.05, 0) is 17.7 Å². The Morgan fingerprint density at radius 2 is 2.00 bits per heavy atom. The van der Waals surface area contributed by atoms with Gasteiger partial charge in [0.15, 0.2) is 5.82 Å². The van der Waals surface area contributed by atoms with E-state index in [4.69, 9.17) is 16.1 Å². The van der Waals surface area contributed by atoms with Gasteiger partial charge >= 0.3 is 0 Å². The Morgan fingerprint density at radius 3 is 2.58 bits per heavy atom. The molecule has 0 fully saturated rings. The molecule has 0 radical (unpaired) electrons. The lowest BCUT2D eigenvalue weighted by atomic mass is 10.2. The van der Waals surface area contributed by atoms with Gasteiger partial charge in [0.05, 0.1) is 12.3 Å². The van der Waals surface area contributed by atoms with Crippen LogP contribution in [0.3, 0.4) is 0 Å². The highest BCUT2D eigenvalue weighted by Crippen LogP contribution is 2.11. The van der Waals surface area contributed by atoms with E-state index in [0.717, 1.165) is 0 Å². The average molecular weight is 302 g/mol. The molecule has 0 saturated carbocycles. The van der Waals surface area contributed by atoms with Crippen LogP contribution in [0, 0.1) is 6.92 Å². The largest absolute Gasteiger partial charge is 0.340 e. The van der Waals surface area contributed by atoms with E-state index in [9.17, 15) is 8.42 Å². The zero-order chi connectivity index (χ0) is 13.9. The lowest BCUT2D eigenvalue weighted by Crippen LogP contribution is -2.25. The van der Waals surface area contributed by atoms with Crippen LogP contribution in [0.4, 0.5) is 0 Å². The minimum atomic E-state index is -3.45. The fourth-order valence-corrected chi connectivity index (χ4v) is 2.65. The SMILES string of the molecule is Cc1nc(CNS(=O)(=O)Cc2ccc(Cl)cc2)no1. The molecule has 0 amide bonds. The van der Waals surface area contributed by atoms with Crippen molar-refractivity contribution in [1.29, 1.82) is 0 Å². The Bertz CT molecular complexity index is 652. The summed E-state index contributed by atoms with van der Waals surface area (Å²) >= 11 is 5.73. The van der Waals surface area contributed by atoms with Crippen LogP contribution in [-0.4, -0.2) is 18.6 Å². The first-order valence-electron chi connectivity index (χ1n) is 5.45. The molecule has 1 aromatic carbocycles. The van der Waals surface area contributed by atoms with E-state index in [1.165, 1.54) is 0 Å². The minimum Gasteiger partial charge on any atom is -0.340 e. The van der Waals surface area contributed by atoms with E-state index in [0.29, 0.717) is 22.3 Å². The predicted octanol–water partition coefficient (Wildman–Crippen LogP) is 1.65. The van der Waals surface area contributed by atoms with E-state index in [1.807, 2.05) is 0 Å². The van der Waals surface area contributed by atoms with E-state index in [-0.39, 0.29) is 12.3 Å². The van der Waals surface area contributed by atoms with Crippen LogP contribution in [0.15, 0.2) is 28.8 Å². The van der Waals surface area contributed by atoms with Gasteiger partial charge in [-0.25, -0.2) is 13.1 Å². The quantitative estimate of drug-likeness (QED) is 0.907. The van der Waals surface area contributed by atoms with Crippen molar-refractivity contribution in [3.63, 3.8) is 0 Å². The minimum absolute atomic E-state index is 0.00721. The summed E-state index contributed by atoms with van der Waals surface area (Å²) in [5.74, 6) is 0.574. The molecule has 0 aliphatic heterocycles. The van der Waals surface area contributed by atoms with Crippen LogP contribution in [-0.2, 0) is 22.3 Å². The Hall–Kier alpha value is -1.44. The Balaban J connectivity index is 1.97. The topological polar surface area (TPSA) is 85.1 Å². The van der Waals surface area contributed by atoms with Crippen LogP contribution >= 0.6 is 11.6 Å². The first kappa shape index (κ1) is 14.0. The molecular formula is C11H12ClN3O3S. The van der Waals surface area contributed by atoms with Gasteiger partial charge in [0.1, 0.15) is 0 Å². The monoisotopic (exact) mass is 301 g/mol. The molecule has 102 valence electrons. The molecule has 0 spiro atoms. The highest BCUT2D eigenvalue weighted by atomic mass is 35.5. The van der Waals surface area contributed by atoms with Crippen LogP contribution < -0.4 is 4.72 Å². The van der Waals surface area contributed by atoms with Gasteiger partial charge in [-0.1, -0.05) is 28.9 Å². The van der Waals surface area contributed by atoms with Crippen molar-refractivity contribution >= 4 is 21.6 Å². The highest BCUT2D eigenvalue weighted by molar-refractivity contribution is 7.88. The maximum atomic E-state index is 11.8. The molecule has 0 saturated heterocycles. The fraction of sp³-hybridized carbons (Fsp3) is 0.273. The zero-order valence-corrected chi connectivity index (χ0v) is 11.7. The number of hydrogen-bond acceptors (Lipinski definition) is 5. The molecular weight excluding hydrogens is 290 g/mol. The normalized spacial score (nSPS) is 11.7. The van der Waals surface area contributed by atoms with Crippen LogP contribution in [0.2, 0.25) is 5.02 Å². The zero-order valence-electron chi connectivity index (χ0n) is 10.1. The van der Waals surface area contributed by atoms with Crippen molar-refractivity contribution in [3.05, 3.63) is 46.6 Å². The summed E-state index contributed by atoms with van der Waals surface area (Å²) in [6.07, 6.45) is 0. The number of hydrogen-bond donors (Lipinski definition) is 1. The number of benzene rings is 1. The molecule has 0 bridgehead atoms. The third-order valence-corrected chi connectivity index (χ3v) is 3.84. The summed E-state index contributed by atoms with van der Waals surface area (Å²) < 4.78 is 30.8. The third kappa shape index (κ3) is 4.30. The van der Waals surface area contributed by atoms with Gasteiger partial charge in [-0.15, -0.1) is 0 Å². The molecule has 2 aromatic rings. The van der Waals surface area contributed by atoms with Crippen LogP contribution in [0.25, 0.3) is 0 Å². The average Bonchev–Trinajstić information content (AvgIpc) is 2.76. The van der Waals surface area contributed by atoms with Gasteiger partial charge < -0.3 is 4.52 Å². The molecule has 1 aromatic heterocycles. The summed E-state index contributed by atoms with van der Waals surface area (Å²) in [7, 11) is -3.45. The van der Waals surface area contributed by atoms with Crippen molar-refractivity contribution in [1.82, 2.24) is 14.9 Å². The van der Waals surface area contributed by atoms with Gasteiger partial charge in [0.2, 0.25) is 15.9 Å². The molecule has 0 aliphatic rings. The second-order valence-electron chi connectivity index (χ2n) is 3.94.